The second-order valence-corrected chi connectivity index (χ2v) is 7.08. The highest BCUT2D eigenvalue weighted by Gasteiger charge is 2.51. The van der Waals surface area contributed by atoms with E-state index in [4.69, 9.17) is 0 Å². The molecule has 0 aliphatic carbocycles. The third-order valence-electron chi connectivity index (χ3n) is 4.78. The van der Waals surface area contributed by atoms with Crippen molar-refractivity contribution >= 4 is 23.8 Å². The average molecular weight is 388 g/mol. The average Bonchev–Trinajstić information content (AvgIpc) is 2.91. The summed E-state index contributed by atoms with van der Waals surface area (Å²) in [5.41, 5.74) is -0.500. The van der Waals surface area contributed by atoms with Crippen LogP contribution < -0.4 is 10.6 Å². The van der Waals surface area contributed by atoms with Crippen molar-refractivity contribution in [1.82, 2.24) is 20.4 Å². The topological polar surface area (TPSA) is 98.8 Å². The molecule has 28 heavy (non-hydrogen) atoms. The van der Waals surface area contributed by atoms with Crippen LogP contribution in [0.5, 0.6) is 0 Å². The molecule has 0 spiro atoms. The molecule has 1 atom stereocenters. The summed E-state index contributed by atoms with van der Waals surface area (Å²) in [5.74, 6) is -1.19. The van der Waals surface area contributed by atoms with Crippen LogP contribution in [0.3, 0.4) is 0 Å². The van der Waals surface area contributed by atoms with Gasteiger partial charge in [0.2, 0.25) is 11.8 Å². The van der Waals surface area contributed by atoms with E-state index in [2.05, 4.69) is 10.6 Å². The standard InChI is InChI=1S/C20H28N4O4/c1-5-20(15-10-8-7-9-11-15)18(27)24(19(28)22-20)13-17(26)23(6-2)12-16(25)21-14(3)4/h7-11,14H,5-6,12-13H2,1-4H3,(H,21,25)(H,22,28)/t20-/m1/s1. The maximum absolute atomic E-state index is 13.1. The summed E-state index contributed by atoms with van der Waals surface area (Å²) >= 11 is 0. The van der Waals surface area contributed by atoms with Gasteiger partial charge in [-0.05, 0) is 32.8 Å². The fourth-order valence-electron chi connectivity index (χ4n) is 3.28. The molecule has 1 aromatic rings. The summed E-state index contributed by atoms with van der Waals surface area (Å²) in [6.07, 6.45) is 0.362. The Morgan fingerprint density at radius 2 is 1.82 bits per heavy atom. The third kappa shape index (κ3) is 4.32. The van der Waals surface area contributed by atoms with Crippen molar-refractivity contribution in [2.45, 2.75) is 45.7 Å². The Kier molecular flexibility index (Phi) is 6.77. The summed E-state index contributed by atoms with van der Waals surface area (Å²) < 4.78 is 0. The minimum Gasteiger partial charge on any atom is -0.352 e. The largest absolute Gasteiger partial charge is 0.352 e. The van der Waals surface area contributed by atoms with E-state index >= 15 is 0 Å². The van der Waals surface area contributed by atoms with Gasteiger partial charge in [-0.3, -0.25) is 19.3 Å². The maximum Gasteiger partial charge on any atom is 0.325 e. The van der Waals surface area contributed by atoms with Crippen LogP contribution in [-0.4, -0.2) is 59.2 Å². The number of nitrogens with zero attached hydrogens (tertiary/aromatic N) is 2. The molecule has 1 fully saturated rings. The van der Waals surface area contributed by atoms with E-state index in [0.29, 0.717) is 18.5 Å². The van der Waals surface area contributed by atoms with Crippen LogP contribution in [0.15, 0.2) is 30.3 Å². The SMILES string of the molecule is CCN(CC(=O)NC(C)C)C(=O)CN1C(=O)N[C@](CC)(c2ccccc2)C1=O. The van der Waals surface area contributed by atoms with Gasteiger partial charge >= 0.3 is 6.03 Å². The molecule has 1 heterocycles. The first-order chi connectivity index (χ1) is 13.2. The second kappa shape index (κ2) is 8.86. The molecule has 8 nitrogen and oxygen atoms in total. The summed E-state index contributed by atoms with van der Waals surface area (Å²) in [6, 6.07) is 8.34. The van der Waals surface area contributed by atoms with E-state index in [1.807, 2.05) is 26.8 Å². The molecule has 1 aliphatic rings. The van der Waals surface area contributed by atoms with Crippen LogP contribution in [-0.2, 0) is 19.9 Å². The van der Waals surface area contributed by atoms with Crippen molar-refractivity contribution in [1.29, 1.82) is 0 Å². The fraction of sp³-hybridized carbons (Fsp3) is 0.500. The molecule has 0 unspecified atom stereocenters. The van der Waals surface area contributed by atoms with Crippen LogP contribution in [0, 0.1) is 0 Å². The number of benzene rings is 1. The van der Waals surface area contributed by atoms with Gasteiger partial charge in [-0.2, -0.15) is 0 Å². The van der Waals surface area contributed by atoms with Gasteiger partial charge in [0, 0.05) is 12.6 Å². The predicted molar refractivity (Wildman–Crippen MR) is 104 cm³/mol. The van der Waals surface area contributed by atoms with E-state index in [0.717, 1.165) is 4.90 Å². The molecule has 1 aromatic carbocycles. The van der Waals surface area contributed by atoms with Crippen molar-refractivity contribution in [3.05, 3.63) is 35.9 Å². The van der Waals surface area contributed by atoms with Crippen molar-refractivity contribution in [2.24, 2.45) is 0 Å². The molecule has 0 aromatic heterocycles. The first kappa shape index (κ1) is 21.4. The Bertz CT molecular complexity index is 750. The highest BCUT2D eigenvalue weighted by molar-refractivity contribution is 6.09. The number of hydrogen-bond donors (Lipinski definition) is 2. The van der Waals surface area contributed by atoms with Gasteiger partial charge in [-0.15, -0.1) is 0 Å². The lowest BCUT2D eigenvalue weighted by molar-refractivity contribution is -0.140. The smallest absolute Gasteiger partial charge is 0.325 e. The summed E-state index contributed by atoms with van der Waals surface area (Å²) in [6.45, 7) is 6.99. The van der Waals surface area contributed by atoms with Crippen molar-refractivity contribution in [3.8, 4) is 0 Å². The van der Waals surface area contributed by atoms with Gasteiger partial charge in [0.1, 0.15) is 12.1 Å². The molecule has 8 heteroatoms. The molecule has 0 radical (unpaired) electrons. The number of carbonyl (C=O) groups is 4. The quantitative estimate of drug-likeness (QED) is 0.654. The molecule has 1 saturated heterocycles. The summed E-state index contributed by atoms with van der Waals surface area (Å²) in [5, 5.41) is 5.47. The van der Waals surface area contributed by atoms with Crippen molar-refractivity contribution in [3.63, 3.8) is 0 Å². The second-order valence-electron chi connectivity index (χ2n) is 7.08. The molecule has 2 rings (SSSR count). The molecular weight excluding hydrogens is 360 g/mol. The summed E-state index contributed by atoms with van der Waals surface area (Å²) in [4.78, 5) is 52.4. The highest BCUT2D eigenvalue weighted by atomic mass is 16.2. The monoisotopic (exact) mass is 388 g/mol. The van der Waals surface area contributed by atoms with E-state index < -0.39 is 29.9 Å². The number of likely N-dealkylation sites (N-methyl/N-ethyl adjacent to an activating group) is 1. The van der Waals surface area contributed by atoms with Gasteiger partial charge in [0.25, 0.3) is 5.91 Å². The lowest BCUT2D eigenvalue weighted by Gasteiger charge is -2.26. The Morgan fingerprint density at radius 1 is 1.18 bits per heavy atom. The van der Waals surface area contributed by atoms with Gasteiger partial charge in [-0.25, -0.2) is 4.79 Å². The number of carbonyl (C=O) groups excluding carboxylic acids is 4. The minimum atomic E-state index is -1.18. The molecule has 0 bridgehead atoms. The molecule has 5 amide bonds. The number of hydrogen-bond acceptors (Lipinski definition) is 4. The predicted octanol–water partition coefficient (Wildman–Crippen LogP) is 1.22. The highest BCUT2D eigenvalue weighted by Crippen LogP contribution is 2.32. The van der Waals surface area contributed by atoms with E-state index in [1.54, 1.807) is 31.2 Å². The molecule has 0 saturated carbocycles. The third-order valence-corrected chi connectivity index (χ3v) is 4.78. The molecular formula is C20H28N4O4. The van der Waals surface area contributed by atoms with E-state index in [1.165, 1.54) is 4.90 Å². The number of amides is 5. The normalized spacial score (nSPS) is 19.0. The Hall–Kier alpha value is -2.90. The van der Waals surface area contributed by atoms with Crippen LogP contribution in [0.25, 0.3) is 0 Å². The Morgan fingerprint density at radius 3 is 2.36 bits per heavy atom. The van der Waals surface area contributed by atoms with Crippen LogP contribution in [0.1, 0.15) is 39.7 Å². The number of imide groups is 1. The zero-order valence-electron chi connectivity index (χ0n) is 16.8. The zero-order chi connectivity index (χ0) is 20.9. The molecule has 152 valence electrons. The van der Waals surface area contributed by atoms with E-state index in [9.17, 15) is 19.2 Å². The van der Waals surface area contributed by atoms with Crippen LogP contribution in [0.2, 0.25) is 0 Å². The maximum atomic E-state index is 13.1. The van der Waals surface area contributed by atoms with Gasteiger partial charge in [0.05, 0.1) is 6.54 Å². The number of urea groups is 1. The van der Waals surface area contributed by atoms with Gasteiger partial charge in [-0.1, -0.05) is 37.3 Å². The number of nitrogens with one attached hydrogen (secondary N) is 2. The first-order valence-electron chi connectivity index (χ1n) is 9.51. The summed E-state index contributed by atoms with van der Waals surface area (Å²) in [7, 11) is 0. The van der Waals surface area contributed by atoms with Crippen LogP contribution >= 0.6 is 0 Å². The van der Waals surface area contributed by atoms with Gasteiger partial charge in [0.15, 0.2) is 0 Å². The van der Waals surface area contributed by atoms with Crippen molar-refractivity contribution in [2.75, 3.05) is 19.6 Å². The van der Waals surface area contributed by atoms with E-state index in [-0.39, 0.29) is 18.5 Å². The lowest BCUT2D eigenvalue weighted by atomic mass is 9.87. The lowest BCUT2D eigenvalue weighted by Crippen LogP contribution is -2.48. The zero-order valence-corrected chi connectivity index (χ0v) is 16.8. The first-order valence-corrected chi connectivity index (χ1v) is 9.51. The Labute approximate surface area is 165 Å². The fourth-order valence-corrected chi connectivity index (χ4v) is 3.28. The molecule has 1 aliphatic heterocycles. The minimum absolute atomic E-state index is 0.0386. The number of rotatable bonds is 8. The Balaban J connectivity index is 2.15. The van der Waals surface area contributed by atoms with Crippen LogP contribution in [0.4, 0.5) is 4.79 Å². The molecule has 2 N–H and O–H groups in total. The van der Waals surface area contributed by atoms with Crippen molar-refractivity contribution < 1.29 is 19.2 Å². The van der Waals surface area contributed by atoms with Gasteiger partial charge < -0.3 is 15.5 Å².